The summed E-state index contributed by atoms with van der Waals surface area (Å²) in [6, 6.07) is 5.66. The van der Waals surface area contributed by atoms with Crippen molar-refractivity contribution in [3.8, 4) is 0 Å². The maximum Gasteiger partial charge on any atom is 0.0756 e. The van der Waals surface area contributed by atoms with Gasteiger partial charge in [0.25, 0.3) is 0 Å². The lowest BCUT2D eigenvalue weighted by Gasteiger charge is -2.23. The van der Waals surface area contributed by atoms with Crippen LogP contribution in [0, 0.1) is 12.8 Å². The molecule has 0 aliphatic rings. The Hall–Kier alpha value is -0.0900. The summed E-state index contributed by atoms with van der Waals surface area (Å²) in [7, 11) is 0. The van der Waals surface area contributed by atoms with Gasteiger partial charge in [-0.2, -0.15) is 0 Å². The van der Waals surface area contributed by atoms with Gasteiger partial charge in [0.2, 0.25) is 0 Å². The van der Waals surface area contributed by atoms with Crippen LogP contribution in [-0.2, 0) is 0 Å². The molecule has 1 rings (SSSR count). The van der Waals surface area contributed by atoms with Crippen molar-refractivity contribution in [2.45, 2.75) is 32.9 Å². The van der Waals surface area contributed by atoms with E-state index in [-0.39, 0.29) is 24.4 Å². The molecule has 2 atom stereocenters. The highest BCUT2D eigenvalue weighted by Gasteiger charge is 2.21. The van der Waals surface area contributed by atoms with E-state index >= 15 is 0 Å². The average molecular weight is 309 g/mol. The molecule has 1 aromatic rings. The van der Waals surface area contributed by atoms with E-state index in [0.717, 1.165) is 10.0 Å². The molecule has 0 amide bonds. The Labute approximate surface area is 112 Å². The minimum atomic E-state index is -0.510. The zero-order chi connectivity index (χ0) is 11.6. The van der Waals surface area contributed by atoms with Crippen LogP contribution in [0.3, 0.4) is 0 Å². The molecule has 0 saturated carbocycles. The fourth-order valence-corrected chi connectivity index (χ4v) is 2.26. The second-order valence-electron chi connectivity index (χ2n) is 4.29. The lowest BCUT2D eigenvalue weighted by atomic mass is 9.94. The molecule has 4 heteroatoms. The third kappa shape index (κ3) is 3.74. The highest BCUT2D eigenvalue weighted by molar-refractivity contribution is 9.10. The van der Waals surface area contributed by atoms with Gasteiger partial charge in [-0.3, -0.25) is 0 Å². The summed E-state index contributed by atoms with van der Waals surface area (Å²) >= 11 is 3.47. The predicted molar refractivity (Wildman–Crippen MR) is 73.9 cm³/mol. The van der Waals surface area contributed by atoms with Gasteiger partial charge in [-0.05, 0) is 30.0 Å². The van der Waals surface area contributed by atoms with Crippen LogP contribution >= 0.6 is 28.3 Å². The Bertz CT molecular complexity index is 344. The minimum Gasteiger partial charge on any atom is -0.391 e. The number of halogens is 2. The number of aliphatic hydroxyl groups excluding tert-OH is 1. The van der Waals surface area contributed by atoms with Gasteiger partial charge in [0.05, 0.1) is 12.1 Å². The quantitative estimate of drug-likeness (QED) is 0.901. The van der Waals surface area contributed by atoms with Crippen LogP contribution in [0.5, 0.6) is 0 Å². The number of aliphatic hydroxyl groups is 1. The third-order valence-corrected chi connectivity index (χ3v) is 3.25. The van der Waals surface area contributed by atoms with Crippen LogP contribution < -0.4 is 5.73 Å². The molecule has 0 spiro atoms. The predicted octanol–water partition coefficient (Wildman–Crippen LogP) is 3.20. The Morgan fingerprint density at radius 1 is 1.31 bits per heavy atom. The Morgan fingerprint density at radius 3 is 2.31 bits per heavy atom. The molecule has 92 valence electrons. The molecule has 3 N–H and O–H groups in total. The van der Waals surface area contributed by atoms with Crippen molar-refractivity contribution in [2.75, 3.05) is 0 Å². The second kappa shape index (κ2) is 6.60. The van der Waals surface area contributed by atoms with E-state index in [4.69, 9.17) is 5.73 Å². The zero-order valence-electron chi connectivity index (χ0n) is 9.77. The lowest BCUT2D eigenvalue weighted by molar-refractivity contribution is 0.0977. The number of benzene rings is 1. The molecule has 0 unspecified atom stereocenters. The maximum absolute atomic E-state index is 9.90. The molecule has 1 aromatic carbocycles. The topological polar surface area (TPSA) is 46.2 Å². The first-order valence-electron chi connectivity index (χ1n) is 5.13. The first-order valence-corrected chi connectivity index (χ1v) is 5.92. The summed E-state index contributed by atoms with van der Waals surface area (Å²) < 4.78 is 0.967. The van der Waals surface area contributed by atoms with Crippen molar-refractivity contribution >= 4 is 28.3 Å². The van der Waals surface area contributed by atoms with Crippen LogP contribution in [0.1, 0.15) is 31.0 Å². The van der Waals surface area contributed by atoms with Gasteiger partial charge in [-0.1, -0.05) is 41.9 Å². The molecule has 0 aromatic heterocycles. The third-order valence-electron chi connectivity index (χ3n) is 2.57. The van der Waals surface area contributed by atoms with Gasteiger partial charge in [-0.15, -0.1) is 12.4 Å². The summed E-state index contributed by atoms with van der Waals surface area (Å²) in [5.74, 6) is 0.160. The average Bonchev–Trinajstić information content (AvgIpc) is 2.15. The van der Waals surface area contributed by atoms with E-state index in [9.17, 15) is 5.11 Å². The Kier molecular flexibility index (Phi) is 6.56. The van der Waals surface area contributed by atoms with Crippen LogP contribution in [0.25, 0.3) is 0 Å². The number of nitrogens with two attached hydrogens (primary N) is 1. The zero-order valence-corrected chi connectivity index (χ0v) is 12.2. The van der Waals surface area contributed by atoms with Gasteiger partial charge in [-0.25, -0.2) is 0 Å². The summed E-state index contributed by atoms with van der Waals surface area (Å²) in [6.07, 6.45) is -0.510. The maximum atomic E-state index is 9.90. The number of aryl methyl sites for hydroxylation is 1. The van der Waals surface area contributed by atoms with Gasteiger partial charge in [0.15, 0.2) is 0 Å². The van der Waals surface area contributed by atoms with Crippen molar-refractivity contribution in [2.24, 2.45) is 11.7 Å². The van der Waals surface area contributed by atoms with Crippen LogP contribution in [0.15, 0.2) is 22.7 Å². The molecule has 0 bridgehead atoms. The van der Waals surface area contributed by atoms with Crippen molar-refractivity contribution < 1.29 is 5.11 Å². The van der Waals surface area contributed by atoms with E-state index < -0.39 is 6.10 Å². The lowest BCUT2D eigenvalue weighted by Crippen LogP contribution is -2.30. The van der Waals surface area contributed by atoms with Crippen molar-refractivity contribution in [3.63, 3.8) is 0 Å². The first kappa shape index (κ1) is 15.9. The molecular weight excluding hydrogens is 289 g/mol. The van der Waals surface area contributed by atoms with Gasteiger partial charge >= 0.3 is 0 Å². The van der Waals surface area contributed by atoms with E-state index in [0.29, 0.717) is 0 Å². The van der Waals surface area contributed by atoms with E-state index in [1.807, 2.05) is 39.0 Å². The normalized spacial score (nSPS) is 14.4. The Morgan fingerprint density at radius 2 is 1.88 bits per heavy atom. The SMILES string of the molecule is Cc1ccc([C@@H](N)[C@@H](O)C(C)C)c(Br)c1.Cl. The van der Waals surface area contributed by atoms with Crippen LogP contribution in [0.2, 0.25) is 0 Å². The largest absolute Gasteiger partial charge is 0.391 e. The van der Waals surface area contributed by atoms with Gasteiger partial charge < -0.3 is 10.8 Å². The smallest absolute Gasteiger partial charge is 0.0756 e. The molecule has 16 heavy (non-hydrogen) atoms. The standard InChI is InChI=1S/C12H18BrNO.ClH/c1-7(2)12(15)11(14)9-5-4-8(3)6-10(9)13;/h4-7,11-12,15H,14H2,1-3H3;1H/t11-,12+;/m1./s1. The van der Waals surface area contributed by atoms with E-state index in [2.05, 4.69) is 15.9 Å². The second-order valence-corrected chi connectivity index (χ2v) is 5.14. The molecule has 0 aliphatic heterocycles. The fraction of sp³-hybridized carbons (Fsp3) is 0.500. The minimum absolute atomic E-state index is 0. The molecule has 0 fully saturated rings. The summed E-state index contributed by atoms with van der Waals surface area (Å²) in [4.78, 5) is 0. The molecular formula is C12H19BrClNO. The molecule has 2 nitrogen and oxygen atoms in total. The summed E-state index contributed by atoms with van der Waals surface area (Å²) in [6.45, 7) is 5.96. The first-order chi connectivity index (χ1) is 6.93. The fourth-order valence-electron chi connectivity index (χ4n) is 1.50. The van der Waals surface area contributed by atoms with Gasteiger partial charge in [0.1, 0.15) is 0 Å². The highest BCUT2D eigenvalue weighted by Crippen LogP contribution is 2.27. The van der Waals surface area contributed by atoms with E-state index in [1.165, 1.54) is 5.56 Å². The molecule has 0 saturated heterocycles. The van der Waals surface area contributed by atoms with Crippen molar-refractivity contribution in [1.29, 1.82) is 0 Å². The summed E-state index contributed by atoms with van der Waals surface area (Å²) in [5, 5.41) is 9.90. The van der Waals surface area contributed by atoms with Crippen molar-refractivity contribution in [1.82, 2.24) is 0 Å². The van der Waals surface area contributed by atoms with Gasteiger partial charge in [0, 0.05) is 4.47 Å². The Balaban J connectivity index is 0.00000225. The molecule has 0 radical (unpaired) electrons. The number of hydrogen-bond acceptors (Lipinski definition) is 2. The molecule has 0 aliphatic carbocycles. The number of rotatable bonds is 3. The van der Waals surface area contributed by atoms with Crippen LogP contribution in [-0.4, -0.2) is 11.2 Å². The number of hydrogen-bond donors (Lipinski definition) is 2. The monoisotopic (exact) mass is 307 g/mol. The highest BCUT2D eigenvalue weighted by atomic mass is 79.9. The van der Waals surface area contributed by atoms with Crippen LogP contribution in [0.4, 0.5) is 0 Å². The van der Waals surface area contributed by atoms with Crippen molar-refractivity contribution in [3.05, 3.63) is 33.8 Å². The molecule has 0 heterocycles. The van der Waals surface area contributed by atoms with E-state index in [1.54, 1.807) is 0 Å². The summed E-state index contributed by atoms with van der Waals surface area (Å²) in [5.41, 5.74) is 8.15.